The Kier molecular flexibility index (Phi) is 4.60. The molecule has 0 aliphatic carbocycles. The minimum Gasteiger partial charge on any atom is -0.457 e. The highest BCUT2D eigenvalue weighted by Gasteiger charge is 2.24. The van der Waals surface area contributed by atoms with Gasteiger partial charge in [0.2, 0.25) is 0 Å². The minimum absolute atomic E-state index is 0.843. The number of aryl methyl sites for hydroxylation is 1. The number of benzene rings is 2. The van der Waals surface area contributed by atoms with Crippen molar-refractivity contribution in [3.8, 4) is 11.5 Å². The Balaban J connectivity index is 1.50. The third-order valence-corrected chi connectivity index (χ3v) is 5.55. The van der Waals surface area contributed by atoms with Crippen LogP contribution in [0.5, 0.6) is 11.5 Å². The molecule has 4 heteroatoms. The Labute approximate surface area is 170 Å². The van der Waals surface area contributed by atoms with E-state index in [1.807, 2.05) is 54.9 Å². The number of rotatable bonds is 5. The Morgan fingerprint density at radius 2 is 1.90 bits per heavy atom. The normalized spacial score (nSPS) is 12.9. The molecule has 0 atom stereocenters. The maximum atomic E-state index is 6.09. The zero-order chi connectivity index (χ0) is 19.6. The number of hydrogen-bond acceptors (Lipinski definition) is 4. The minimum atomic E-state index is 0.843. The van der Waals surface area contributed by atoms with Crippen molar-refractivity contribution < 1.29 is 4.74 Å². The van der Waals surface area contributed by atoms with Crippen molar-refractivity contribution in [2.24, 2.45) is 0 Å². The molecule has 3 heterocycles. The molecule has 29 heavy (non-hydrogen) atoms. The van der Waals surface area contributed by atoms with Gasteiger partial charge in [-0.3, -0.25) is 9.97 Å². The van der Waals surface area contributed by atoms with E-state index in [2.05, 4.69) is 35.0 Å². The van der Waals surface area contributed by atoms with Crippen molar-refractivity contribution in [1.29, 1.82) is 0 Å². The summed E-state index contributed by atoms with van der Waals surface area (Å²) in [4.78, 5) is 11.6. The van der Waals surface area contributed by atoms with Crippen LogP contribution in [-0.2, 0) is 12.8 Å². The first-order valence-electron chi connectivity index (χ1n) is 10.1. The third-order valence-electron chi connectivity index (χ3n) is 5.55. The number of anilines is 1. The molecule has 0 saturated heterocycles. The summed E-state index contributed by atoms with van der Waals surface area (Å²) in [7, 11) is 0. The van der Waals surface area contributed by atoms with E-state index in [1.165, 1.54) is 22.2 Å². The molecular weight excluding hydrogens is 358 g/mol. The molecule has 144 valence electrons. The number of para-hydroxylation sites is 1. The molecule has 4 aromatic rings. The number of hydrogen-bond donors (Lipinski definition) is 0. The first kappa shape index (κ1) is 17.7. The number of nitrogens with zero attached hydrogens (tertiary/aromatic N) is 3. The Hall–Kier alpha value is -3.40. The van der Waals surface area contributed by atoms with Crippen molar-refractivity contribution in [2.45, 2.75) is 19.8 Å². The molecule has 0 amide bonds. The predicted octanol–water partition coefficient (Wildman–Crippen LogP) is 5.34. The number of aromatic nitrogens is 2. The van der Waals surface area contributed by atoms with Crippen molar-refractivity contribution in [2.75, 3.05) is 18.0 Å². The van der Waals surface area contributed by atoms with E-state index >= 15 is 0 Å². The molecular formula is C25H23N3O. The van der Waals surface area contributed by atoms with Crippen LogP contribution in [0.3, 0.4) is 0 Å². The molecule has 2 aromatic heterocycles. The third kappa shape index (κ3) is 3.54. The van der Waals surface area contributed by atoms with Crippen LogP contribution < -0.4 is 9.64 Å². The van der Waals surface area contributed by atoms with Crippen molar-refractivity contribution in [1.82, 2.24) is 9.97 Å². The smallest absolute Gasteiger partial charge is 0.128 e. The molecule has 1 aliphatic rings. The number of fused-ring (bicyclic) bond motifs is 3. The van der Waals surface area contributed by atoms with Crippen molar-refractivity contribution >= 4 is 16.6 Å². The van der Waals surface area contributed by atoms with Crippen LogP contribution in [0.2, 0.25) is 0 Å². The average Bonchev–Trinajstić information content (AvgIpc) is 3.19. The zero-order valence-electron chi connectivity index (χ0n) is 16.5. The first-order chi connectivity index (χ1) is 14.3. The Morgan fingerprint density at radius 3 is 2.72 bits per heavy atom. The van der Waals surface area contributed by atoms with Crippen LogP contribution in [-0.4, -0.2) is 23.1 Å². The van der Waals surface area contributed by atoms with Gasteiger partial charge in [-0.2, -0.15) is 0 Å². The highest BCUT2D eigenvalue weighted by atomic mass is 16.5. The molecule has 2 aromatic carbocycles. The molecule has 1 aliphatic heterocycles. The maximum Gasteiger partial charge on any atom is 0.128 e. The summed E-state index contributed by atoms with van der Waals surface area (Å²) in [6.07, 6.45) is 5.81. The largest absolute Gasteiger partial charge is 0.457 e. The van der Waals surface area contributed by atoms with Crippen LogP contribution >= 0.6 is 0 Å². The molecule has 0 fully saturated rings. The average molecular weight is 381 g/mol. The van der Waals surface area contributed by atoms with E-state index in [1.54, 1.807) is 0 Å². The Bertz CT molecular complexity index is 1140. The van der Waals surface area contributed by atoms with Gasteiger partial charge in [0.15, 0.2) is 0 Å². The Morgan fingerprint density at radius 1 is 1.00 bits per heavy atom. The fourth-order valence-corrected chi connectivity index (χ4v) is 4.13. The van der Waals surface area contributed by atoms with Gasteiger partial charge >= 0.3 is 0 Å². The van der Waals surface area contributed by atoms with Gasteiger partial charge in [0.05, 0.1) is 11.2 Å². The zero-order valence-corrected chi connectivity index (χ0v) is 16.5. The van der Waals surface area contributed by atoms with E-state index in [4.69, 9.17) is 9.72 Å². The summed E-state index contributed by atoms with van der Waals surface area (Å²) >= 11 is 0. The molecule has 4 nitrogen and oxygen atoms in total. The van der Waals surface area contributed by atoms with Gasteiger partial charge in [-0.1, -0.05) is 24.3 Å². The van der Waals surface area contributed by atoms with Gasteiger partial charge in [-0.15, -0.1) is 0 Å². The van der Waals surface area contributed by atoms with E-state index in [0.717, 1.165) is 48.6 Å². The second kappa shape index (κ2) is 7.55. The van der Waals surface area contributed by atoms with E-state index in [-0.39, 0.29) is 0 Å². The molecule has 0 bridgehead atoms. The summed E-state index contributed by atoms with van der Waals surface area (Å²) < 4.78 is 6.09. The summed E-state index contributed by atoms with van der Waals surface area (Å²) in [5.74, 6) is 1.69. The molecule has 0 N–H and O–H groups in total. The standard InChI is InChI=1S/C25H23N3O/c1-18-22-12-15-28(14-11-19-6-5-13-26-17-19)25(22)23-16-21(9-10-24(23)27-18)29-20-7-3-2-4-8-20/h2-10,13,16-17H,11-12,14-15H2,1H3. The van der Waals surface area contributed by atoms with Crippen LogP contribution in [0.25, 0.3) is 10.9 Å². The van der Waals surface area contributed by atoms with Crippen LogP contribution in [0.4, 0.5) is 5.69 Å². The summed E-state index contributed by atoms with van der Waals surface area (Å²) in [6.45, 7) is 4.12. The second-order valence-corrected chi connectivity index (χ2v) is 7.47. The van der Waals surface area contributed by atoms with E-state index in [9.17, 15) is 0 Å². The number of pyridine rings is 2. The van der Waals surface area contributed by atoms with Crippen LogP contribution in [0.15, 0.2) is 73.1 Å². The number of ether oxygens (including phenoxy) is 1. The highest BCUT2D eigenvalue weighted by molar-refractivity contribution is 5.96. The summed E-state index contributed by atoms with van der Waals surface area (Å²) in [6, 6.07) is 20.3. The van der Waals surface area contributed by atoms with Gasteiger partial charge in [0, 0.05) is 36.6 Å². The SMILES string of the molecule is Cc1nc2ccc(Oc3ccccc3)cc2c2c1CCN2CCc1cccnc1. The fraction of sp³-hybridized carbons (Fsp3) is 0.200. The van der Waals surface area contributed by atoms with Gasteiger partial charge in [-0.05, 0) is 67.3 Å². The lowest BCUT2D eigenvalue weighted by molar-refractivity contribution is 0.483. The lowest BCUT2D eigenvalue weighted by Crippen LogP contribution is -2.23. The molecule has 0 unspecified atom stereocenters. The van der Waals surface area contributed by atoms with Crippen molar-refractivity contribution in [3.63, 3.8) is 0 Å². The quantitative estimate of drug-likeness (QED) is 0.468. The van der Waals surface area contributed by atoms with Gasteiger partial charge < -0.3 is 9.64 Å². The summed E-state index contributed by atoms with van der Waals surface area (Å²) in [5, 5.41) is 1.17. The topological polar surface area (TPSA) is 38.2 Å². The van der Waals surface area contributed by atoms with Crippen LogP contribution in [0, 0.1) is 6.92 Å². The molecule has 0 radical (unpaired) electrons. The first-order valence-corrected chi connectivity index (χ1v) is 10.1. The monoisotopic (exact) mass is 381 g/mol. The molecule has 5 rings (SSSR count). The summed E-state index contributed by atoms with van der Waals surface area (Å²) in [5.41, 5.74) is 6.10. The van der Waals surface area contributed by atoms with Gasteiger partial charge in [0.25, 0.3) is 0 Å². The van der Waals surface area contributed by atoms with E-state index in [0.29, 0.717) is 0 Å². The maximum absolute atomic E-state index is 6.09. The van der Waals surface area contributed by atoms with Gasteiger partial charge in [-0.25, -0.2) is 0 Å². The second-order valence-electron chi connectivity index (χ2n) is 7.47. The van der Waals surface area contributed by atoms with Crippen molar-refractivity contribution in [3.05, 3.63) is 89.9 Å². The lowest BCUT2D eigenvalue weighted by atomic mass is 10.1. The van der Waals surface area contributed by atoms with Gasteiger partial charge in [0.1, 0.15) is 11.5 Å². The van der Waals surface area contributed by atoms with Crippen LogP contribution in [0.1, 0.15) is 16.8 Å². The molecule has 0 saturated carbocycles. The highest BCUT2D eigenvalue weighted by Crippen LogP contribution is 2.38. The molecule has 0 spiro atoms. The predicted molar refractivity (Wildman–Crippen MR) is 117 cm³/mol. The van der Waals surface area contributed by atoms with E-state index < -0.39 is 0 Å². The lowest BCUT2D eigenvalue weighted by Gasteiger charge is -2.22. The fourth-order valence-electron chi connectivity index (χ4n) is 4.13.